The lowest BCUT2D eigenvalue weighted by atomic mass is 10.1. The Kier molecular flexibility index (Phi) is 6.17. The first kappa shape index (κ1) is 20.0. The smallest absolute Gasteiger partial charge is 0.269 e. The molecular formula is C21H14ClFN4O2. The van der Waals surface area contributed by atoms with Crippen molar-refractivity contribution in [2.75, 3.05) is 12.4 Å². The Hall–Kier alpha value is -3.76. The summed E-state index contributed by atoms with van der Waals surface area (Å²) < 4.78 is 18.8. The minimum absolute atomic E-state index is 0.00468. The van der Waals surface area contributed by atoms with Crippen LogP contribution < -0.4 is 10.1 Å². The van der Waals surface area contributed by atoms with E-state index in [0.29, 0.717) is 33.7 Å². The van der Waals surface area contributed by atoms with Gasteiger partial charge in [-0.25, -0.2) is 19.4 Å². The molecule has 6 nitrogen and oxygen atoms in total. The molecule has 29 heavy (non-hydrogen) atoms. The zero-order chi connectivity index (χ0) is 20.8. The van der Waals surface area contributed by atoms with Gasteiger partial charge in [-0.2, -0.15) is 0 Å². The molecule has 1 heterocycles. The second-order valence-electron chi connectivity index (χ2n) is 5.62. The molecule has 1 aromatic heterocycles. The number of ether oxygens (including phenoxy) is 1. The maximum atomic E-state index is 13.4. The monoisotopic (exact) mass is 408 g/mol. The van der Waals surface area contributed by atoms with Crippen LogP contribution in [0.5, 0.6) is 5.75 Å². The van der Waals surface area contributed by atoms with Crippen molar-refractivity contribution in [1.82, 2.24) is 9.97 Å². The third kappa shape index (κ3) is 4.75. The summed E-state index contributed by atoms with van der Waals surface area (Å²) in [6.07, 6.45) is 3.68. The van der Waals surface area contributed by atoms with E-state index in [0.717, 1.165) is 6.08 Å². The molecule has 0 saturated carbocycles. The highest BCUT2D eigenvalue weighted by Crippen LogP contribution is 2.30. The zero-order valence-electron chi connectivity index (χ0n) is 15.2. The van der Waals surface area contributed by atoms with Gasteiger partial charge in [0.25, 0.3) is 5.91 Å². The van der Waals surface area contributed by atoms with Gasteiger partial charge >= 0.3 is 0 Å². The van der Waals surface area contributed by atoms with Gasteiger partial charge in [0.05, 0.1) is 29.4 Å². The van der Waals surface area contributed by atoms with Crippen LogP contribution in [0.1, 0.15) is 5.56 Å². The van der Waals surface area contributed by atoms with Crippen LogP contribution in [0.3, 0.4) is 0 Å². The summed E-state index contributed by atoms with van der Waals surface area (Å²) in [5.74, 6) is 5.55. The number of anilines is 2. The number of aromatic nitrogens is 2. The Balaban J connectivity index is 2.03. The Bertz CT molecular complexity index is 1200. The molecule has 1 N–H and O–H groups in total. The second-order valence-corrected chi connectivity index (χ2v) is 6.02. The number of carbonyl (C=O) groups is 1. The number of nitrogens with one attached hydrogen (secondary N) is 1. The van der Waals surface area contributed by atoms with Crippen molar-refractivity contribution in [2.24, 2.45) is 4.99 Å². The van der Waals surface area contributed by atoms with Gasteiger partial charge in [0.2, 0.25) is 0 Å². The number of methoxy groups -OCH3 is 1. The van der Waals surface area contributed by atoms with E-state index >= 15 is 0 Å². The molecule has 8 heteroatoms. The van der Waals surface area contributed by atoms with Crippen molar-refractivity contribution in [1.29, 1.82) is 0 Å². The van der Waals surface area contributed by atoms with E-state index in [4.69, 9.17) is 16.3 Å². The molecule has 0 atom stereocenters. The number of fused-ring (bicyclic) bond motifs is 1. The molecule has 3 aromatic rings. The predicted molar refractivity (Wildman–Crippen MR) is 111 cm³/mol. The molecule has 0 aliphatic carbocycles. The highest BCUT2D eigenvalue weighted by Gasteiger charge is 2.10. The Morgan fingerprint density at radius 1 is 1.34 bits per heavy atom. The van der Waals surface area contributed by atoms with E-state index in [1.54, 1.807) is 18.2 Å². The second kappa shape index (κ2) is 8.95. The fraction of sp³-hybridized carbons (Fsp3) is 0.0476. The van der Waals surface area contributed by atoms with E-state index in [9.17, 15) is 9.18 Å². The third-order valence-corrected chi connectivity index (χ3v) is 4.07. The van der Waals surface area contributed by atoms with Gasteiger partial charge < -0.3 is 10.1 Å². The maximum absolute atomic E-state index is 13.4. The lowest BCUT2D eigenvalue weighted by Crippen LogP contribution is -1.98. The fourth-order valence-electron chi connectivity index (χ4n) is 2.42. The summed E-state index contributed by atoms with van der Waals surface area (Å²) in [4.78, 5) is 23.2. The number of hydrogen-bond acceptors (Lipinski definition) is 5. The minimum atomic E-state index is -0.511. The standard InChI is InChI=1S/C21H14ClFN4O2/c1-3-20(28)24-8-4-5-13-9-15-18(11-19(13)29-2)25-12-26-21(15)27-14-6-7-17(23)16(22)10-14/h3,6-12H,1H2,2H3,(H,25,26,27). The first-order valence-electron chi connectivity index (χ1n) is 8.27. The Morgan fingerprint density at radius 3 is 2.90 bits per heavy atom. The van der Waals surface area contributed by atoms with Crippen LogP contribution in [0.4, 0.5) is 15.9 Å². The van der Waals surface area contributed by atoms with Gasteiger partial charge in [-0.15, -0.1) is 0 Å². The van der Waals surface area contributed by atoms with Crippen molar-refractivity contribution < 1.29 is 13.9 Å². The number of aliphatic imine (C=N–C) groups is 1. The Morgan fingerprint density at radius 2 is 2.17 bits per heavy atom. The molecule has 3 rings (SSSR count). The molecular weight excluding hydrogens is 395 g/mol. The van der Waals surface area contributed by atoms with Gasteiger partial charge in [-0.1, -0.05) is 24.1 Å². The van der Waals surface area contributed by atoms with Crippen molar-refractivity contribution >= 4 is 46.1 Å². The number of hydrogen-bond donors (Lipinski definition) is 1. The topological polar surface area (TPSA) is 76.5 Å². The summed E-state index contributed by atoms with van der Waals surface area (Å²) in [5, 5.41) is 3.76. The normalized spacial score (nSPS) is 10.4. The number of nitrogens with zero attached hydrogens (tertiary/aromatic N) is 3. The molecule has 0 aliphatic heterocycles. The maximum Gasteiger partial charge on any atom is 0.269 e. The van der Waals surface area contributed by atoms with Crippen molar-refractivity contribution in [3.05, 3.63) is 65.7 Å². The molecule has 0 bridgehead atoms. The SMILES string of the molecule is C=CC(=O)N=CC#Cc1cc2c(Nc3ccc(F)c(Cl)c3)ncnc2cc1OC. The number of benzene rings is 2. The molecule has 144 valence electrons. The fourth-order valence-corrected chi connectivity index (χ4v) is 2.60. The first-order chi connectivity index (χ1) is 14.0. The third-order valence-electron chi connectivity index (χ3n) is 3.78. The Labute approximate surface area is 171 Å². The van der Waals surface area contributed by atoms with Gasteiger partial charge in [0.15, 0.2) is 0 Å². The van der Waals surface area contributed by atoms with Gasteiger partial charge in [-0.3, -0.25) is 4.79 Å². The van der Waals surface area contributed by atoms with E-state index in [-0.39, 0.29) is 5.02 Å². The van der Waals surface area contributed by atoms with Crippen LogP contribution in [0.2, 0.25) is 5.02 Å². The quantitative estimate of drug-likeness (QED) is 0.395. The van der Waals surface area contributed by atoms with E-state index in [2.05, 4.69) is 38.7 Å². The highest BCUT2D eigenvalue weighted by molar-refractivity contribution is 6.31. The molecule has 2 aromatic carbocycles. The lowest BCUT2D eigenvalue weighted by Gasteiger charge is -2.11. The molecule has 0 saturated heterocycles. The molecule has 1 amide bonds. The number of halogens is 2. The molecule has 0 fully saturated rings. The summed E-state index contributed by atoms with van der Waals surface area (Å²) in [7, 11) is 1.52. The zero-order valence-corrected chi connectivity index (χ0v) is 16.0. The molecule has 0 aliphatic rings. The first-order valence-corrected chi connectivity index (χ1v) is 8.65. The van der Waals surface area contributed by atoms with Crippen LogP contribution in [0.15, 0.2) is 54.3 Å². The van der Waals surface area contributed by atoms with Crippen molar-refractivity contribution in [3.63, 3.8) is 0 Å². The average Bonchev–Trinajstić information content (AvgIpc) is 2.73. The van der Waals surface area contributed by atoms with Crippen molar-refractivity contribution in [2.45, 2.75) is 0 Å². The van der Waals surface area contributed by atoms with Crippen LogP contribution in [-0.2, 0) is 4.79 Å². The summed E-state index contributed by atoms with van der Waals surface area (Å²) >= 11 is 5.84. The van der Waals surface area contributed by atoms with Crippen LogP contribution in [-0.4, -0.2) is 29.2 Å². The molecule has 0 spiro atoms. The van der Waals surface area contributed by atoms with Crippen LogP contribution >= 0.6 is 11.6 Å². The van der Waals surface area contributed by atoms with E-state index < -0.39 is 11.7 Å². The summed E-state index contributed by atoms with van der Waals surface area (Å²) in [6.45, 7) is 3.33. The van der Waals surface area contributed by atoms with Crippen molar-refractivity contribution in [3.8, 4) is 17.6 Å². The number of carbonyl (C=O) groups excluding carboxylic acids is 1. The summed E-state index contributed by atoms with van der Waals surface area (Å²) in [5.41, 5.74) is 1.73. The number of rotatable bonds is 4. The predicted octanol–water partition coefficient (Wildman–Crippen LogP) is 4.31. The number of amides is 1. The summed E-state index contributed by atoms with van der Waals surface area (Å²) in [6, 6.07) is 7.74. The average molecular weight is 409 g/mol. The van der Waals surface area contributed by atoms with E-state index in [1.165, 1.54) is 31.8 Å². The van der Waals surface area contributed by atoms with Gasteiger partial charge in [-0.05, 0) is 36.3 Å². The van der Waals surface area contributed by atoms with Gasteiger partial charge in [0.1, 0.15) is 23.7 Å². The van der Waals surface area contributed by atoms with Gasteiger partial charge in [0, 0.05) is 17.1 Å². The minimum Gasteiger partial charge on any atom is -0.495 e. The lowest BCUT2D eigenvalue weighted by molar-refractivity contribution is -0.113. The molecule has 0 unspecified atom stereocenters. The van der Waals surface area contributed by atoms with Crippen LogP contribution in [0, 0.1) is 17.7 Å². The largest absolute Gasteiger partial charge is 0.495 e. The van der Waals surface area contributed by atoms with E-state index in [1.807, 2.05) is 0 Å². The highest BCUT2D eigenvalue weighted by atomic mass is 35.5. The molecule has 0 radical (unpaired) electrons. The van der Waals surface area contributed by atoms with Crippen LogP contribution in [0.25, 0.3) is 10.9 Å².